The van der Waals surface area contributed by atoms with E-state index in [1.54, 1.807) is 0 Å². The first kappa shape index (κ1) is 35.8. The first-order valence-electron chi connectivity index (χ1n) is 20.3. The van der Waals surface area contributed by atoms with Crippen LogP contribution in [0.3, 0.4) is 0 Å². The fraction of sp³-hybridized carbons (Fsp3) is 0.854. The SMILES string of the molecule is NCC12CC3CC(CC(C3)C1)C2.O=C(CC(=O)NCC12CC3CC(CC(C3)C1)C2)NCC12CC3CC(CC(C3)C1)C2.O=C(O)CC(=O)O.[2H]C#C. The van der Waals surface area contributed by atoms with Crippen LogP contribution in [-0.4, -0.2) is 53.6 Å². The number of nitrogens with one attached hydrogen (secondary N) is 2. The summed E-state index contributed by atoms with van der Waals surface area (Å²) in [5.41, 5.74) is 7.24. The molecule has 0 atom stereocenters. The summed E-state index contributed by atoms with van der Waals surface area (Å²) >= 11 is 0. The number of aliphatic carboxylic acids is 2. The molecule has 0 aromatic carbocycles. The Morgan fingerprint density at radius 2 is 0.780 bits per heavy atom. The van der Waals surface area contributed by atoms with Crippen LogP contribution in [0.4, 0.5) is 0 Å². The van der Waals surface area contributed by atoms with Gasteiger partial charge < -0.3 is 26.6 Å². The molecule has 0 radical (unpaired) electrons. The summed E-state index contributed by atoms with van der Waals surface area (Å²) in [4.78, 5) is 43.9. The van der Waals surface area contributed by atoms with Crippen molar-refractivity contribution >= 4 is 23.8 Å². The van der Waals surface area contributed by atoms with E-state index in [-0.39, 0.29) is 18.2 Å². The van der Waals surface area contributed by atoms with Crippen molar-refractivity contribution in [1.29, 1.82) is 0 Å². The van der Waals surface area contributed by atoms with Crippen molar-refractivity contribution in [1.82, 2.24) is 10.6 Å². The Balaban J connectivity index is 0.000000167. The van der Waals surface area contributed by atoms with Crippen molar-refractivity contribution in [2.24, 2.45) is 75.2 Å². The maximum Gasteiger partial charge on any atom is 0.314 e. The second-order valence-corrected chi connectivity index (χ2v) is 19.2. The lowest BCUT2D eigenvalue weighted by molar-refractivity contribution is -0.147. The molecule has 278 valence electrons. The fourth-order valence-electron chi connectivity index (χ4n) is 14.5. The molecule has 0 aliphatic heterocycles. The minimum absolute atomic E-state index is 0.0126. The summed E-state index contributed by atoms with van der Waals surface area (Å²) in [5, 5.41) is 21.7. The van der Waals surface area contributed by atoms with Crippen molar-refractivity contribution in [2.45, 2.75) is 128 Å². The monoisotopic (exact) mass is 694 g/mol. The van der Waals surface area contributed by atoms with Crippen LogP contribution in [0.1, 0.15) is 130 Å². The Hall–Kier alpha value is -2.60. The summed E-state index contributed by atoms with van der Waals surface area (Å²) in [6.07, 6.45) is 30.4. The van der Waals surface area contributed by atoms with E-state index in [0.717, 1.165) is 72.9 Å². The van der Waals surface area contributed by atoms with Crippen LogP contribution < -0.4 is 16.4 Å². The summed E-state index contributed by atoms with van der Waals surface area (Å²) < 4.78 is 5.74. The second-order valence-electron chi connectivity index (χ2n) is 19.2. The molecular formula is C41H63N3O6. The molecule has 0 aromatic rings. The number of carboxylic acid groups (broad SMARTS) is 2. The Morgan fingerprint density at radius 3 is 0.980 bits per heavy atom. The molecule has 0 spiro atoms. The highest BCUT2D eigenvalue weighted by Gasteiger charge is 2.52. The molecule has 12 aliphatic carbocycles. The third-order valence-corrected chi connectivity index (χ3v) is 14.9. The lowest BCUT2D eigenvalue weighted by Crippen LogP contribution is -2.52. The highest BCUT2D eigenvalue weighted by atomic mass is 16.4. The number of rotatable bonds is 9. The predicted molar refractivity (Wildman–Crippen MR) is 191 cm³/mol. The number of carboxylic acids is 2. The standard InChI is InChI=1S/C25H38N2O2.C11H19N.C3H4O4.C2H2/c28-22(26-14-24-8-16-1-17(9-24)3-18(2-16)10-24)7-23(29)27-15-25-11-19-4-20(12-25)6-21(5-19)13-25;12-7-11-4-8-1-9(5-11)3-10(2-8)6-11;4-2(5)1-3(6)7;1-2/h16-21H,1-15H2,(H,26,28)(H,27,29);8-10H,1-7,12H2;1H2,(H,4,5)(H,6,7);1-2H/i;;;1D. The van der Waals surface area contributed by atoms with Gasteiger partial charge in [0.25, 0.3) is 0 Å². The quantitative estimate of drug-likeness (QED) is 0.146. The van der Waals surface area contributed by atoms with Crippen LogP contribution in [-0.2, 0) is 19.2 Å². The van der Waals surface area contributed by atoms with E-state index >= 15 is 0 Å². The molecule has 12 saturated carbocycles. The van der Waals surface area contributed by atoms with Crippen molar-refractivity contribution in [3.8, 4) is 12.8 Å². The third-order valence-electron chi connectivity index (χ3n) is 14.9. The lowest BCUT2D eigenvalue weighted by atomic mass is 9.49. The van der Waals surface area contributed by atoms with Gasteiger partial charge >= 0.3 is 11.9 Å². The average molecular weight is 695 g/mol. The van der Waals surface area contributed by atoms with Crippen LogP contribution in [0.15, 0.2) is 0 Å². The number of carbonyl (C=O) groups is 4. The Kier molecular flexibility index (Phi) is 10.9. The van der Waals surface area contributed by atoms with Gasteiger partial charge in [0.15, 0.2) is 0 Å². The molecule has 2 amide bonds. The number of nitrogens with two attached hydrogens (primary N) is 1. The third kappa shape index (κ3) is 8.70. The Bertz CT molecular complexity index is 1160. The number of hydrogen-bond donors (Lipinski definition) is 5. The van der Waals surface area contributed by atoms with E-state index < -0.39 is 18.4 Å². The van der Waals surface area contributed by atoms with Crippen molar-refractivity contribution in [3.05, 3.63) is 0 Å². The number of carbonyl (C=O) groups excluding carboxylic acids is 2. The average Bonchev–Trinajstić information content (AvgIpc) is 3.02. The second kappa shape index (κ2) is 15.2. The maximum absolute atomic E-state index is 12.5. The molecule has 9 heteroatoms. The van der Waals surface area contributed by atoms with Gasteiger partial charge in [0.05, 0.1) is 0 Å². The number of amides is 2. The summed E-state index contributed by atoms with van der Waals surface area (Å²) in [7, 11) is 0. The van der Waals surface area contributed by atoms with E-state index in [4.69, 9.17) is 17.3 Å². The zero-order chi connectivity index (χ0) is 36.4. The Labute approximate surface area is 300 Å². The highest BCUT2D eigenvalue weighted by Crippen LogP contribution is 2.61. The smallest absolute Gasteiger partial charge is 0.314 e. The van der Waals surface area contributed by atoms with Gasteiger partial charge in [-0.05, 0) is 192 Å². The number of hydrogen-bond acceptors (Lipinski definition) is 5. The topological polar surface area (TPSA) is 159 Å². The van der Waals surface area contributed by atoms with E-state index in [9.17, 15) is 19.2 Å². The molecule has 0 unspecified atom stereocenters. The summed E-state index contributed by atoms with van der Waals surface area (Å²) in [5.74, 6) is 5.88. The minimum atomic E-state index is -1.31. The van der Waals surface area contributed by atoms with Crippen molar-refractivity contribution in [3.63, 3.8) is 0 Å². The molecule has 6 N–H and O–H groups in total. The molecule has 12 aliphatic rings. The van der Waals surface area contributed by atoms with E-state index in [1.165, 1.54) is 122 Å². The van der Waals surface area contributed by atoms with E-state index in [0.29, 0.717) is 16.2 Å². The molecule has 12 bridgehead atoms. The van der Waals surface area contributed by atoms with Crippen LogP contribution in [0.5, 0.6) is 0 Å². The predicted octanol–water partition coefficient (Wildman–Crippen LogP) is 6.00. The van der Waals surface area contributed by atoms with Crippen molar-refractivity contribution in [2.75, 3.05) is 19.6 Å². The zero-order valence-electron chi connectivity index (χ0n) is 31.1. The van der Waals surface area contributed by atoms with Crippen LogP contribution in [0.2, 0.25) is 0 Å². The van der Waals surface area contributed by atoms with Gasteiger partial charge in [0.1, 0.15) is 14.2 Å². The zero-order valence-corrected chi connectivity index (χ0v) is 30.1. The highest BCUT2D eigenvalue weighted by molar-refractivity contribution is 5.96. The minimum Gasteiger partial charge on any atom is -0.481 e. The molecule has 50 heavy (non-hydrogen) atoms. The largest absolute Gasteiger partial charge is 0.481 e. The molecule has 12 rings (SSSR count). The van der Waals surface area contributed by atoms with Crippen LogP contribution >= 0.6 is 0 Å². The molecule has 0 aromatic heterocycles. The number of terminal acetylenes is 1. The first-order valence-corrected chi connectivity index (χ1v) is 19.8. The fourth-order valence-corrected chi connectivity index (χ4v) is 14.5. The Morgan fingerprint density at radius 1 is 0.540 bits per heavy atom. The molecule has 0 heterocycles. The molecule has 0 saturated heterocycles. The van der Waals surface area contributed by atoms with Gasteiger partial charge in [-0.15, -0.1) is 12.8 Å². The van der Waals surface area contributed by atoms with Crippen LogP contribution in [0.25, 0.3) is 0 Å². The molecular weight excluding hydrogens is 630 g/mol. The van der Waals surface area contributed by atoms with E-state index in [1.807, 2.05) is 0 Å². The van der Waals surface area contributed by atoms with E-state index in [2.05, 4.69) is 17.1 Å². The normalized spacial score (nSPS) is 43.0. The van der Waals surface area contributed by atoms with Gasteiger partial charge in [-0.1, -0.05) is 0 Å². The van der Waals surface area contributed by atoms with Crippen LogP contribution in [0, 0.1) is 82.3 Å². The van der Waals surface area contributed by atoms with Gasteiger partial charge in [-0.3, -0.25) is 19.2 Å². The van der Waals surface area contributed by atoms with Gasteiger partial charge in [-0.25, -0.2) is 0 Å². The molecule has 9 nitrogen and oxygen atoms in total. The van der Waals surface area contributed by atoms with Gasteiger partial charge in [0, 0.05) is 13.1 Å². The lowest BCUT2D eigenvalue weighted by Gasteiger charge is -2.57. The summed E-state index contributed by atoms with van der Waals surface area (Å²) in [6, 6.07) is 0. The van der Waals surface area contributed by atoms with Gasteiger partial charge in [0.2, 0.25) is 11.8 Å². The van der Waals surface area contributed by atoms with Crippen molar-refractivity contribution < 1.29 is 30.8 Å². The maximum atomic E-state index is 12.5. The first-order chi connectivity index (χ1) is 24.3. The molecule has 12 fully saturated rings. The summed E-state index contributed by atoms with van der Waals surface area (Å²) in [6.45, 7) is 2.58. The van der Waals surface area contributed by atoms with Gasteiger partial charge in [-0.2, -0.15) is 0 Å².